The molecule has 0 fully saturated rings. The summed E-state index contributed by atoms with van der Waals surface area (Å²) in [6.45, 7) is 4.44. The molecule has 92 valence electrons. The van der Waals surface area contributed by atoms with E-state index in [2.05, 4.69) is 0 Å². The Bertz CT molecular complexity index is 366. The van der Waals surface area contributed by atoms with E-state index in [-0.39, 0.29) is 5.97 Å². The minimum atomic E-state index is -0.199. The van der Waals surface area contributed by atoms with E-state index in [1.165, 1.54) is 0 Å². The van der Waals surface area contributed by atoms with Crippen molar-refractivity contribution in [2.24, 2.45) is 0 Å². The van der Waals surface area contributed by atoms with Crippen molar-refractivity contribution in [3.05, 3.63) is 36.4 Å². The van der Waals surface area contributed by atoms with Crippen molar-refractivity contribution in [2.45, 2.75) is 26.7 Å². The third-order valence-corrected chi connectivity index (χ3v) is 2.09. The van der Waals surface area contributed by atoms with Gasteiger partial charge in [0.15, 0.2) is 0 Å². The fraction of sp³-hybridized carbons (Fsp3) is 0.357. The number of carbonyl (C=O) groups excluding carboxylic acids is 1. The fourth-order valence-electron chi connectivity index (χ4n) is 1.23. The summed E-state index contributed by atoms with van der Waals surface area (Å²) in [5.74, 6) is 1.12. The van der Waals surface area contributed by atoms with Crippen LogP contribution in [0.15, 0.2) is 36.4 Å². The smallest absolute Gasteiger partial charge is 0.311 e. The van der Waals surface area contributed by atoms with Gasteiger partial charge in [-0.3, -0.25) is 4.79 Å². The van der Waals surface area contributed by atoms with Gasteiger partial charge in [-0.05, 0) is 37.6 Å². The molecule has 0 aliphatic carbocycles. The molecule has 0 aliphatic rings. The highest BCUT2D eigenvalue weighted by Gasteiger charge is 2.02. The van der Waals surface area contributed by atoms with Gasteiger partial charge in [0.25, 0.3) is 0 Å². The standard InChI is InChI=1S/C14H18O3/c1-3-5-11-16-12-7-9-13(10-8-12)17-14(15)6-4-2/h3,5,7-10H,4,6,11H2,1-2H3. The number of carbonyl (C=O) groups is 1. The molecule has 1 aromatic rings. The SMILES string of the molecule is CC=CCOc1ccc(OC(=O)CCC)cc1. The van der Waals surface area contributed by atoms with Crippen LogP contribution in [0.4, 0.5) is 0 Å². The van der Waals surface area contributed by atoms with Crippen LogP contribution in [0.25, 0.3) is 0 Å². The summed E-state index contributed by atoms with van der Waals surface area (Å²) in [6.07, 6.45) is 5.10. The molecule has 3 nitrogen and oxygen atoms in total. The van der Waals surface area contributed by atoms with E-state index in [0.29, 0.717) is 18.8 Å². The maximum atomic E-state index is 11.2. The monoisotopic (exact) mass is 234 g/mol. The molecule has 1 rings (SSSR count). The summed E-state index contributed by atoms with van der Waals surface area (Å²) in [5, 5.41) is 0. The summed E-state index contributed by atoms with van der Waals surface area (Å²) in [7, 11) is 0. The van der Waals surface area contributed by atoms with Crippen molar-refractivity contribution >= 4 is 5.97 Å². The zero-order chi connectivity index (χ0) is 12.5. The second kappa shape index (κ2) is 7.49. The molecule has 3 heteroatoms. The van der Waals surface area contributed by atoms with Crippen LogP contribution in [0, 0.1) is 0 Å². The molecule has 0 N–H and O–H groups in total. The summed E-state index contributed by atoms with van der Waals surface area (Å²) < 4.78 is 10.6. The Morgan fingerprint density at radius 3 is 2.47 bits per heavy atom. The van der Waals surface area contributed by atoms with Crippen LogP contribution in [0.2, 0.25) is 0 Å². The largest absolute Gasteiger partial charge is 0.490 e. The van der Waals surface area contributed by atoms with Gasteiger partial charge in [-0.1, -0.05) is 19.1 Å². The number of hydrogen-bond donors (Lipinski definition) is 0. The van der Waals surface area contributed by atoms with Gasteiger partial charge >= 0.3 is 5.97 Å². The van der Waals surface area contributed by atoms with Crippen LogP contribution < -0.4 is 9.47 Å². The average Bonchev–Trinajstić information content (AvgIpc) is 2.32. The second-order valence-electron chi connectivity index (χ2n) is 3.58. The average molecular weight is 234 g/mol. The predicted molar refractivity (Wildman–Crippen MR) is 67.3 cm³/mol. The van der Waals surface area contributed by atoms with Crippen molar-refractivity contribution in [3.63, 3.8) is 0 Å². The number of esters is 1. The normalized spacial score (nSPS) is 10.5. The first kappa shape index (κ1) is 13.3. The van der Waals surface area contributed by atoms with Crippen LogP contribution in [0.1, 0.15) is 26.7 Å². The van der Waals surface area contributed by atoms with Crippen molar-refractivity contribution in [2.75, 3.05) is 6.61 Å². The highest BCUT2D eigenvalue weighted by molar-refractivity contribution is 5.72. The molecule has 1 aromatic carbocycles. The number of hydrogen-bond acceptors (Lipinski definition) is 3. The lowest BCUT2D eigenvalue weighted by molar-refractivity contribution is -0.134. The highest BCUT2D eigenvalue weighted by atomic mass is 16.5. The van der Waals surface area contributed by atoms with Crippen LogP contribution in [-0.2, 0) is 4.79 Å². The number of benzene rings is 1. The molecule has 0 spiro atoms. The van der Waals surface area contributed by atoms with E-state index >= 15 is 0 Å². The quantitative estimate of drug-likeness (QED) is 0.430. The van der Waals surface area contributed by atoms with Gasteiger partial charge in [0, 0.05) is 6.42 Å². The summed E-state index contributed by atoms with van der Waals surface area (Å²) in [4.78, 5) is 11.2. The lowest BCUT2D eigenvalue weighted by Crippen LogP contribution is -2.06. The third-order valence-electron chi connectivity index (χ3n) is 2.09. The maximum absolute atomic E-state index is 11.2. The first-order chi connectivity index (χ1) is 8.26. The highest BCUT2D eigenvalue weighted by Crippen LogP contribution is 2.18. The Labute approximate surface area is 102 Å². The van der Waals surface area contributed by atoms with E-state index in [0.717, 1.165) is 12.2 Å². The Morgan fingerprint density at radius 2 is 1.88 bits per heavy atom. The van der Waals surface area contributed by atoms with Gasteiger partial charge in [-0.15, -0.1) is 0 Å². The van der Waals surface area contributed by atoms with Gasteiger partial charge in [-0.2, -0.15) is 0 Å². The van der Waals surface area contributed by atoms with Crippen LogP contribution in [-0.4, -0.2) is 12.6 Å². The Balaban J connectivity index is 2.47. The summed E-state index contributed by atoms with van der Waals surface area (Å²) in [5.41, 5.74) is 0. The lowest BCUT2D eigenvalue weighted by Gasteiger charge is -2.05. The third kappa shape index (κ3) is 5.20. The molecule has 0 atom stereocenters. The van der Waals surface area contributed by atoms with E-state index in [1.807, 2.05) is 26.0 Å². The molecule has 0 unspecified atom stereocenters. The first-order valence-electron chi connectivity index (χ1n) is 5.81. The number of allylic oxidation sites excluding steroid dienone is 1. The van der Waals surface area contributed by atoms with Crippen molar-refractivity contribution in [1.82, 2.24) is 0 Å². The predicted octanol–water partition coefficient (Wildman–Crippen LogP) is 3.35. The maximum Gasteiger partial charge on any atom is 0.311 e. The van der Waals surface area contributed by atoms with Crippen molar-refractivity contribution in [1.29, 1.82) is 0 Å². The second-order valence-corrected chi connectivity index (χ2v) is 3.58. The minimum absolute atomic E-state index is 0.199. The number of ether oxygens (including phenoxy) is 2. The lowest BCUT2D eigenvalue weighted by atomic mass is 10.3. The van der Waals surface area contributed by atoms with Crippen LogP contribution in [0.3, 0.4) is 0 Å². The molecule has 0 amide bonds. The van der Waals surface area contributed by atoms with Gasteiger partial charge in [0.1, 0.15) is 18.1 Å². The molecule has 0 aliphatic heterocycles. The zero-order valence-electron chi connectivity index (χ0n) is 10.3. The molecule has 0 radical (unpaired) electrons. The molecule has 0 heterocycles. The van der Waals surface area contributed by atoms with E-state index < -0.39 is 0 Å². The topological polar surface area (TPSA) is 35.5 Å². The molecule has 0 saturated carbocycles. The molecule has 0 saturated heterocycles. The Kier molecular flexibility index (Phi) is 5.86. The van der Waals surface area contributed by atoms with Crippen LogP contribution in [0.5, 0.6) is 11.5 Å². The molecule has 0 aromatic heterocycles. The van der Waals surface area contributed by atoms with Crippen molar-refractivity contribution in [3.8, 4) is 11.5 Å². The van der Waals surface area contributed by atoms with E-state index in [9.17, 15) is 4.79 Å². The zero-order valence-corrected chi connectivity index (χ0v) is 10.3. The molecule has 17 heavy (non-hydrogen) atoms. The van der Waals surface area contributed by atoms with Crippen LogP contribution >= 0.6 is 0 Å². The van der Waals surface area contributed by atoms with Gasteiger partial charge in [0.05, 0.1) is 0 Å². The minimum Gasteiger partial charge on any atom is -0.490 e. The molecular formula is C14H18O3. The molecular weight excluding hydrogens is 216 g/mol. The van der Waals surface area contributed by atoms with Gasteiger partial charge in [-0.25, -0.2) is 0 Å². The fourth-order valence-corrected chi connectivity index (χ4v) is 1.23. The van der Waals surface area contributed by atoms with Gasteiger partial charge < -0.3 is 9.47 Å². The van der Waals surface area contributed by atoms with Gasteiger partial charge in [0.2, 0.25) is 0 Å². The number of rotatable bonds is 6. The summed E-state index contributed by atoms with van der Waals surface area (Å²) in [6, 6.07) is 7.05. The van der Waals surface area contributed by atoms with Crippen molar-refractivity contribution < 1.29 is 14.3 Å². The Morgan fingerprint density at radius 1 is 1.24 bits per heavy atom. The van der Waals surface area contributed by atoms with E-state index in [4.69, 9.17) is 9.47 Å². The molecule has 0 bridgehead atoms. The summed E-state index contributed by atoms with van der Waals surface area (Å²) >= 11 is 0. The first-order valence-corrected chi connectivity index (χ1v) is 5.81. The van der Waals surface area contributed by atoms with E-state index in [1.54, 1.807) is 24.3 Å². The Hall–Kier alpha value is -1.77.